The summed E-state index contributed by atoms with van der Waals surface area (Å²) in [5, 5.41) is 6.17. The lowest BCUT2D eigenvalue weighted by molar-refractivity contribution is 0.0935. The summed E-state index contributed by atoms with van der Waals surface area (Å²) in [4.78, 5) is 32.7. The lowest BCUT2D eigenvalue weighted by atomic mass is 9.98. The summed E-state index contributed by atoms with van der Waals surface area (Å²) < 4.78 is 0. The molecule has 1 heterocycles. The normalized spacial score (nSPS) is 14.8. The van der Waals surface area contributed by atoms with Crippen LogP contribution in [0.25, 0.3) is 11.1 Å². The second-order valence-corrected chi connectivity index (χ2v) is 10.8. The minimum Gasteiger partial charge on any atom is -0.369 e. The summed E-state index contributed by atoms with van der Waals surface area (Å²) in [6.07, 6.45) is 0. The van der Waals surface area contributed by atoms with E-state index in [9.17, 15) is 9.59 Å². The van der Waals surface area contributed by atoms with Crippen molar-refractivity contribution in [3.05, 3.63) is 89.0 Å². The average molecular weight is 528 g/mol. The van der Waals surface area contributed by atoms with Crippen molar-refractivity contribution in [2.24, 2.45) is 0 Å². The molecule has 1 aliphatic heterocycles. The van der Waals surface area contributed by atoms with Crippen molar-refractivity contribution >= 4 is 17.5 Å². The van der Waals surface area contributed by atoms with Crippen LogP contribution in [0.3, 0.4) is 0 Å². The standard InChI is InChI=1S/C32H41N5O2/c1-23-12-13-29(37-18-16-36(5)17-19-37)22-30(23)32(39)34-24(2)25-8-6-9-26(20-25)27-10-7-11-28(21-27)31(38)33-14-15-35(3)4/h6-13,20-22,24H,14-19H2,1-5H3,(H,33,38)(H,34,39)/t24-/m1/s1. The molecule has 7 heteroatoms. The first-order valence-corrected chi connectivity index (χ1v) is 13.7. The number of likely N-dealkylation sites (N-methyl/N-ethyl adjacent to an activating group) is 2. The highest BCUT2D eigenvalue weighted by Gasteiger charge is 2.19. The molecule has 0 aliphatic carbocycles. The summed E-state index contributed by atoms with van der Waals surface area (Å²) in [6, 6.07) is 21.8. The molecule has 1 atom stereocenters. The predicted molar refractivity (Wildman–Crippen MR) is 160 cm³/mol. The van der Waals surface area contributed by atoms with Crippen molar-refractivity contribution in [2.75, 3.05) is 65.3 Å². The number of benzene rings is 3. The van der Waals surface area contributed by atoms with Gasteiger partial charge in [0, 0.05) is 56.1 Å². The molecule has 4 rings (SSSR count). The number of hydrogen-bond acceptors (Lipinski definition) is 5. The highest BCUT2D eigenvalue weighted by molar-refractivity contribution is 5.97. The van der Waals surface area contributed by atoms with Gasteiger partial charge in [0.05, 0.1) is 6.04 Å². The molecule has 2 N–H and O–H groups in total. The third kappa shape index (κ3) is 7.46. The largest absolute Gasteiger partial charge is 0.369 e. The van der Waals surface area contributed by atoms with Gasteiger partial charge < -0.3 is 25.3 Å². The maximum Gasteiger partial charge on any atom is 0.252 e. The van der Waals surface area contributed by atoms with Crippen molar-refractivity contribution < 1.29 is 9.59 Å². The molecular weight excluding hydrogens is 486 g/mol. The predicted octanol–water partition coefficient (Wildman–Crippen LogP) is 4.20. The highest BCUT2D eigenvalue weighted by Crippen LogP contribution is 2.26. The van der Waals surface area contributed by atoms with Crippen LogP contribution in [0.1, 0.15) is 44.8 Å². The Balaban J connectivity index is 1.45. The van der Waals surface area contributed by atoms with Crippen LogP contribution < -0.4 is 15.5 Å². The van der Waals surface area contributed by atoms with E-state index in [2.05, 4.69) is 39.6 Å². The molecule has 206 valence electrons. The fourth-order valence-corrected chi connectivity index (χ4v) is 4.80. The smallest absolute Gasteiger partial charge is 0.252 e. The molecule has 1 saturated heterocycles. The fraction of sp³-hybridized carbons (Fsp3) is 0.375. The van der Waals surface area contributed by atoms with Gasteiger partial charge in [-0.15, -0.1) is 0 Å². The van der Waals surface area contributed by atoms with Gasteiger partial charge in [-0.1, -0.05) is 36.4 Å². The molecular formula is C32H41N5O2. The molecule has 7 nitrogen and oxygen atoms in total. The Morgan fingerprint density at radius 3 is 2.31 bits per heavy atom. The quantitative estimate of drug-likeness (QED) is 0.437. The Bertz CT molecular complexity index is 1300. The maximum absolute atomic E-state index is 13.4. The minimum atomic E-state index is -0.179. The SMILES string of the molecule is Cc1ccc(N2CCN(C)CC2)cc1C(=O)N[C@H](C)c1cccc(-c2cccc(C(=O)NCCN(C)C)c2)c1. The molecule has 1 aliphatic rings. The second-order valence-electron chi connectivity index (χ2n) is 10.8. The van der Waals surface area contributed by atoms with Gasteiger partial charge in [0.1, 0.15) is 0 Å². The van der Waals surface area contributed by atoms with Crippen LogP contribution in [-0.4, -0.2) is 82.0 Å². The van der Waals surface area contributed by atoms with E-state index in [1.807, 2.05) is 87.4 Å². The van der Waals surface area contributed by atoms with E-state index >= 15 is 0 Å². The molecule has 0 bridgehead atoms. The zero-order chi connectivity index (χ0) is 27.9. The van der Waals surface area contributed by atoms with E-state index in [0.29, 0.717) is 17.7 Å². The molecule has 0 aromatic heterocycles. The number of aryl methyl sites for hydroxylation is 1. The molecule has 0 saturated carbocycles. The highest BCUT2D eigenvalue weighted by atomic mass is 16.2. The number of hydrogen-bond donors (Lipinski definition) is 2. The second kappa shape index (κ2) is 12.9. The lowest BCUT2D eigenvalue weighted by Crippen LogP contribution is -2.44. The molecule has 0 radical (unpaired) electrons. The van der Waals surface area contributed by atoms with Gasteiger partial charge >= 0.3 is 0 Å². The number of nitrogens with zero attached hydrogens (tertiary/aromatic N) is 3. The Labute approximate surface area is 232 Å². The number of piperazine rings is 1. The first-order valence-electron chi connectivity index (χ1n) is 13.7. The molecule has 39 heavy (non-hydrogen) atoms. The summed E-state index contributed by atoms with van der Waals surface area (Å²) in [5.74, 6) is -0.151. The molecule has 0 spiro atoms. The van der Waals surface area contributed by atoms with Crippen LogP contribution in [0.5, 0.6) is 0 Å². The third-order valence-corrected chi connectivity index (χ3v) is 7.37. The zero-order valence-corrected chi connectivity index (χ0v) is 23.8. The zero-order valence-electron chi connectivity index (χ0n) is 23.8. The van der Waals surface area contributed by atoms with Crippen molar-refractivity contribution in [3.8, 4) is 11.1 Å². The number of anilines is 1. The number of amides is 2. The number of carbonyl (C=O) groups is 2. The average Bonchev–Trinajstić information content (AvgIpc) is 2.93. The van der Waals surface area contributed by atoms with Gasteiger partial charge in [-0.2, -0.15) is 0 Å². The molecule has 3 aromatic rings. The first-order chi connectivity index (χ1) is 18.7. The molecule has 1 fully saturated rings. The van der Waals surface area contributed by atoms with E-state index in [1.54, 1.807) is 0 Å². The van der Waals surface area contributed by atoms with Gasteiger partial charge in [0.25, 0.3) is 11.8 Å². The van der Waals surface area contributed by atoms with Crippen molar-refractivity contribution in [3.63, 3.8) is 0 Å². The summed E-state index contributed by atoms with van der Waals surface area (Å²) in [7, 11) is 6.11. The van der Waals surface area contributed by atoms with Gasteiger partial charge in [-0.25, -0.2) is 0 Å². The van der Waals surface area contributed by atoms with Crippen molar-refractivity contribution in [2.45, 2.75) is 19.9 Å². The minimum absolute atomic E-state index is 0.0715. The van der Waals surface area contributed by atoms with Crippen LogP contribution in [0.15, 0.2) is 66.7 Å². The topological polar surface area (TPSA) is 67.9 Å². The number of nitrogens with one attached hydrogen (secondary N) is 2. The van der Waals surface area contributed by atoms with Crippen LogP contribution >= 0.6 is 0 Å². The van der Waals surface area contributed by atoms with Crippen LogP contribution in [-0.2, 0) is 0 Å². The van der Waals surface area contributed by atoms with Gasteiger partial charge in [-0.05, 0) is 87.6 Å². The fourth-order valence-electron chi connectivity index (χ4n) is 4.80. The lowest BCUT2D eigenvalue weighted by Gasteiger charge is -2.34. The van der Waals surface area contributed by atoms with Gasteiger partial charge in [0.15, 0.2) is 0 Å². The van der Waals surface area contributed by atoms with Crippen molar-refractivity contribution in [1.82, 2.24) is 20.4 Å². The number of rotatable bonds is 9. The first kappa shape index (κ1) is 28.3. The van der Waals surface area contributed by atoms with Crippen molar-refractivity contribution in [1.29, 1.82) is 0 Å². The third-order valence-electron chi connectivity index (χ3n) is 7.37. The Morgan fingerprint density at radius 1 is 0.897 bits per heavy atom. The summed E-state index contributed by atoms with van der Waals surface area (Å²) in [5.41, 5.74) is 6.38. The van der Waals surface area contributed by atoms with E-state index in [0.717, 1.165) is 60.7 Å². The van der Waals surface area contributed by atoms with E-state index in [-0.39, 0.29) is 17.9 Å². The van der Waals surface area contributed by atoms with E-state index in [4.69, 9.17) is 0 Å². The Hall–Kier alpha value is -3.68. The maximum atomic E-state index is 13.4. The van der Waals surface area contributed by atoms with Crippen LogP contribution in [0.4, 0.5) is 5.69 Å². The van der Waals surface area contributed by atoms with Crippen LogP contribution in [0.2, 0.25) is 0 Å². The summed E-state index contributed by atoms with van der Waals surface area (Å²) >= 11 is 0. The molecule has 0 unspecified atom stereocenters. The Morgan fingerprint density at radius 2 is 1.59 bits per heavy atom. The monoisotopic (exact) mass is 527 g/mol. The molecule has 2 amide bonds. The number of carbonyl (C=O) groups excluding carboxylic acids is 2. The Kier molecular flexibility index (Phi) is 9.38. The summed E-state index contributed by atoms with van der Waals surface area (Å²) in [6.45, 7) is 9.34. The van der Waals surface area contributed by atoms with Gasteiger partial charge in [0.2, 0.25) is 0 Å². The molecule has 3 aromatic carbocycles. The van der Waals surface area contributed by atoms with E-state index < -0.39 is 0 Å². The van der Waals surface area contributed by atoms with E-state index in [1.165, 1.54) is 0 Å². The van der Waals surface area contributed by atoms with Gasteiger partial charge in [-0.3, -0.25) is 9.59 Å². The van der Waals surface area contributed by atoms with Crippen LogP contribution in [0, 0.1) is 6.92 Å².